The smallest absolute Gasteiger partial charge is 0.144 e. The fraction of sp³-hybridized carbons (Fsp3) is 0.538. The molecular weight excluding hydrogens is 214 g/mol. The third-order valence-corrected chi connectivity index (χ3v) is 3.16. The van der Waals surface area contributed by atoms with Crippen molar-refractivity contribution in [1.82, 2.24) is 10.3 Å². The molecule has 1 fully saturated rings. The molecule has 4 heteroatoms. The molecule has 0 aliphatic carbocycles. The van der Waals surface area contributed by atoms with Crippen LogP contribution >= 0.6 is 0 Å². The predicted octanol–water partition coefficient (Wildman–Crippen LogP) is 1.72. The highest BCUT2D eigenvalue weighted by molar-refractivity contribution is 5.30. The van der Waals surface area contributed by atoms with Gasteiger partial charge in [0.1, 0.15) is 23.6 Å². The molecule has 17 heavy (non-hydrogen) atoms. The molecule has 0 aromatic carbocycles. The number of hydrogen-bond donors (Lipinski definition) is 1. The lowest BCUT2D eigenvalue weighted by atomic mass is 9.82. The first-order valence-electron chi connectivity index (χ1n) is 5.85. The summed E-state index contributed by atoms with van der Waals surface area (Å²) in [6.45, 7) is 6.31. The zero-order chi connectivity index (χ0) is 12.3. The van der Waals surface area contributed by atoms with Crippen LogP contribution in [0.15, 0.2) is 18.3 Å². The maximum Gasteiger partial charge on any atom is 0.144 e. The Morgan fingerprint density at radius 1 is 1.59 bits per heavy atom. The lowest BCUT2D eigenvalue weighted by molar-refractivity contribution is 0.0450. The van der Waals surface area contributed by atoms with Gasteiger partial charge in [-0.25, -0.2) is 4.98 Å². The lowest BCUT2D eigenvalue weighted by Crippen LogP contribution is -2.48. The highest BCUT2D eigenvalue weighted by Crippen LogP contribution is 2.29. The Labute approximate surface area is 102 Å². The summed E-state index contributed by atoms with van der Waals surface area (Å²) in [6.07, 6.45) is 2.77. The third kappa shape index (κ3) is 2.75. The summed E-state index contributed by atoms with van der Waals surface area (Å²) in [5.74, 6) is 0.733. The second-order valence-corrected chi connectivity index (χ2v) is 5.05. The van der Waals surface area contributed by atoms with E-state index < -0.39 is 0 Å². The van der Waals surface area contributed by atoms with Crippen molar-refractivity contribution in [3.05, 3.63) is 24.0 Å². The zero-order valence-corrected chi connectivity index (χ0v) is 10.2. The second-order valence-electron chi connectivity index (χ2n) is 5.05. The van der Waals surface area contributed by atoms with Gasteiger partial charge in [0.2, 0.25) is 0 Å². The van der Waals surface area contributed by atoms with Gasteiger partial charge in [-0.2, -0.15) is 5.26 Å². The number of pyridine rings is 1. The van der Waals surface area contributed by atoms with E-state index in [4.69, 9.17) is 10.00 Å². The van der Waals surface area contributed by atoms with Crippen LogP contribution in [0.4, 0.5) is 0 Å². The molecular formula is C13H17N3O. The van der Waals surface area contributed by atoms with E-state index in [0.29, 0.717) is 5.69 Å². The van der Waals surface area contributed by atoms with E-state index >= 15 is 0 Å². The van der Waals surface area contributed by atoms with E-state index in [-0.39, 0.29) is 11.5 Å². The van der Waals surface area contributed by atoms with Crippen molar-refractivity contribution in [2.24, 2.45) is 5.41 Å². The first kappa shape index (κ1) is 11.9. The van der Waals surface area contributed by atoms with Crippen LogP contribution in [-0.4, -0.2) is 24.2 Å². The summed E-state index contributed by atoms with van der Waals surface area (Å²) in [4.78, 5) is 3.93. The Balaban J connectivity index is 2.12. The minimum atomic E-state index is 0.105. The average molecular weight is 231 g/mol. The van der Waals surface area contributed by atoms with Crippen molar-refractivity contribution in [3.8, 4) is 11.8 Å². The minimum absolute atomic E-state index is 0.105. The first-order chi connectivity index (χ1) is 8.12. The quantitative estimate of drug-likeness (QED) is 0.842. The molecule has 0 radical (unpaired) electrons. The largest absolute Gasteiger partial charge is 0.490 e. The number of rotatable bonds is 2. The van der Waals surface area contributed by atoms with Crippen molar-refractivity contribution in [3.63, 3.8) is 0 Å². The summed E-state index contributed by atoms with van der Waals surface area (Å²) in [6, 6.07) is 5.52. The third-order valence-electron chi connectivity index (χ3n) is 3.16. The molecule has 1 saturated heterocycles. The van der Waals surface area contributed by atoms with Crippen LogP contribution in [0.25, 0.3) is 0 Å². The molecule has 1 aromatic rings. The van der Waals surface area contributed by atoms with Gasteiger partial charge in [-0.3, -0.25) is 0 Å². The van der Waals surface area contributed by atoms with Crippen molar-refractivity contribution < 1.29 is 4.74 Å². The number of ether oxygens (including phenoxy) is 1. The average Bonchev–Trinajstić information content (AvgIpc) is 2.32. The van der Waals surface area contributed by atoms with Gasteiger partial charge in [-0.15, -0.1) is 0 Å². The van der Waals surface area contributed by atoms with Gasteiger partial charge in [0, 0.05) is 24.2 Å². The number of hydrogen-bond acceptors (Lipinski definition) is 4. The molecule has 90 valence electrons. The van der Waals surface area contributed by atoms with Gasteiger partial charge < -0.3 is 10.1 Å². The van der Waals surface area contributed by atoms with E-state index in [1.54, 1.807) is 18.3 Å². The van der Waals surface area contributed by atoms with Crippen LogP contribution in [0.5, 0.6) is 5.75 Å². The molecule has 1 atom stereocenters. The number of piperidine rings is 1. The number of aromatic nitrogens is 1. The number of nitrogens with zero attached hydrogens (tertiary/aromatic N) is 2. The van der Waals surface area contributed by atoms with Crippen molar-refractivity contribution in [2.45, 2.75) is 26.4 Å². The minimum Gasteiger partial charge on any atom is -0.490 e. The molecule has 4 nitrogen and oxygen atoms in total. The SMILES string of the molecule is CC1(C)CNCCC1Oc1ccnc(C#N)c1. The van der Waals surface area contributed by atoms with Crippen LogP contribution in [0.3, 0.4) is 0 Å². The van der Waals surface area contributed by atoms with Crippen LogP contribution in [0.1, 0.15) is 26.0 Å². The molecule has 2 heterocycles. The molecule has 1 aromatic heterocycles. The normalized spacial score (nSPS) is 22.8. The molecule has 1 aliphatic rings. The van der Waals surface area contributed by atoms with Crippen LogP contribution in [0, 0.1) is 16.7 Å². The van der Waals surface area contributed by atoms with Crippen molar-refractivity contribution in [2.75, 3.05) is 13.1 Å². The molecule has 0 spiro atoms. The van der Waals surface area contributed by atoms with E-state index in [0.717, 1.165) is 25.3 Å². The van der Waals surface area contributed by atoms with Gasteiger partial charge in [0.15, 0.2) is 0 Å². The standard InChI is InChI=1S/C13H17N3O/c1-13(2)9-15-5-4-12(13)17-11-3-6-16-10(7-11)8-14/h3,6-7,12,15H,4-5,9H2,1-2H3. The molecule has 0 bridgehead atoms. The summed E-state index contributed by atoms with van der Waals surface area (Å²) in [5.41, 5.74) is 0.503. The Kier molecular flexibility index (Phi) is 3.30. The maximum atomic E-state index is 8.79. The fourth-order valence-electron chi connectivity index (χ4n) is 2.08. The monoisotopic (exact) mass is 231 g/mol. The van der Waals surface area contributed by atoms with Crippen LogP contribution in [-0.2, 0) is 0 Å². The van der Waals surface area contributed by atoms with Crippen molar-refractivity contribution in [1.29, 1.82) is 5.26 Å². The highest BCUT2D eigenvalue weighted by atomic mass is 16.5. The molecule has 0 saturated carbocycles. The van der Waals surface area contributed by atoms with E-state index in [1.807, 2.05) is 6.07 Å². The fourth-order valence-corrected chi connectivity index (χ4v) is 2.08. The van der Waals surface area contributed by atoms with E-state index in [1.165, 1.54) is 0 Å². The van der Waals surface area contributed by atoms with Crippen LogP contribution < -0.4 is 10.1 Å². The second kappa shape index (κ2) is 4.72. The van der Waals surface area contributed by atoms with Gasteiger partial charge in [0.05, 0.1) is 0 Å². The number of nitriles is 1. The topological polar surface area (TPSA) is 57.9 Å². The van der Waals surface area contributed by atoms with Gasteiger partial charge >= 0.3 is 0 Å². The highest BCUT2D eigenvalue weighted by Gasteiger charge is 2.33. The summed E-state index contributed by atoms with van der Waals surface area (Å²) in [7, 11) is 0. The molecule has 2 rings (SSSR count). The summed E-state index contributed by atoms with van der Waals surface area (Å²) >= 11 is 0. The molecule has 1 N–H and O–H groups in total. The van der Waals surface area contributed by atoms with Crippen LogP contribution in [0.2, 0.25) is 0 Å². The zero-order valence-electron chi connectivity index (χ0n) is 10.2. The Bertz CT molecular complexity index is 437. The number of nitrogens with one attached hydrogen (secondary N) is 1. The van der Waals surface area contributed by atoms with Gasteiger partial charge in [-0.05, 0) is 19.0 Å². The van der Waals surface area contributed by atoms with Gasteiger partial charge in [0.25, 0.3) is 0 Å². The predicted molar refractivity (Wildman–Crippen MR) is 64.6 cm³/mol. The summed E-state index contributed by atoms with van der Waals surface area (Å²) < 4.78 is 5.98. The Morgan fingerprint density at radius 2 is 2.41 bits per heavy atom. The van der Waals surface area contributed by atoms with Gasteiger partial charge in [-0.1, -0.05) is 13.8 Å². The molecule has 1 unspecified atom stereocenters. The maximum absolute atomic E-state index is 8.79. The van der Waals surface area contributed by atoms with E-state index in [9.17, 15) is 0 Å². The first-order valence-corrected chi connectivity index (χ1v) is 5.85. The lowest BCUT2D eigenvalue weighted by Gasteiger charge is -2.38. The Morgan fingerprint density at radius 3 is 3.12 bits per heavy atom. The van der Waals surface area contributed by atoms with Crippen molar-refractivity contribution >= 4 is 0 Å². The molecule has 0 amide bonds. The van der Waals surface area contributed by atoms with E-state index in [2.05, 4.69) is 24.1 Å². The Hall–Kier alpha value is -1.60. The summed E-state index contributed by atoms with van der Waals surface area (Å²) in [5, 5.41) is 12.2. The molecule has 1 aliphatic heterocycles.